The molecule has 4 rings (SSSR count). The first-order valence-electron chi connectivity index (χ1n) is 11.3. The minimum Gasteiger partial charge on any atom is -0.493 e. The molecule has 178 valence electrons. The van der Waals surface area contributed by atoms with E-state index in [-0.39, 0.29) is 6.03 Å². The van der Waals surface area contributed by atoms with E-state index in [1.165, 1.54) is 0 Å². The number of hydrogen-bond acceptors (Lipinski definition) is 6. The van der Waals surface area contributed by atoms with Gasteiger partial charge in [-0.05, 0) is 43.0 Å². The molecule has 2 heterocycles. The maximum atomic E-state index is 13.0. The van der Waals surface area contributed by atoms with Crippen molar-refractivity contribution < 1.29 is 18.8 Å². The molecule has 1 aliphatic heterocycles. The second-order valence-corrected chi connectivity index (χ2v) is 8.62. The lowest BCUT2D eigenvalue weighted by Gasteiger charge is -2.35. The van der Waals surface area contributed by atoms with Gasteiger partial charge < -0.3 is 19.3 Å². The predicted molar refractivity (Wildman–Crippen MR) is 129 cm³/mol. The Kier molecular flexibility index (Phi) is 6.86. The topological polar surface area (TPSA) is 89.7 Å². The fourth-order valence-electron chi connectivity index (χ4n) is 4.04. The molecule has 2 amide bonds. The molecule has 0 radical (unpaired) electrons. The van der Waals surface area contributed by atoms with Crippen molar-refractivity contribution in [2.24, 2.45) is 5.92 Å². The lowest BCUT2D eigenvalue weighted by atomic mass is 9.94. The Balaban J connectivity index is 1.77. The van der Waals surface area contributed by atoms with Crippen molar-refractivity contribution in [3.05, 3.63) is 65.7 Å². The Hall–Kier alpha value is -3.81. The zero-order valence-electron chi connectivity index (χ0n) is 20.2. The van der Waals surface area contributed by atoms with Crippen LogP contribution in [0.1, 0.15) is 44.7 Å². The van der Waals surface area contributed by atoms with Gasteiger partial charge in [0.05, 0.1) is 25.8 Å². The van der Waals surface area contributed by atoms with E-state index in [1.807, 2.05) is 43.3 Å². The molecule has 0 aliphatic carbocycles. The van der Waals surface area contributed by atoms with E-state index in [2.05, 4.69) is 24.3 Å². The number of nitrogens with zero attached hydrogens (tertiary/aromatic N) is 3. The fraction of sp³-hybridized carbons (Fsp3) is 0.346. The van der Waals surface area contributed by atoms with Crippen LogP contribution in [-0.2, 0) is 0 Å². The van der Waals surface area contributed by atoms with E-state index >= 15 is 0 Å². The average Bonchev–Trinajstić information content (AvgIpc) is 3.33. The molecule has 0 saturated heterocycles. The third-order valence-corrected chi connectivity index (χ3v) is 5.96. The highest BCUT2D eigenvalue weighted by atomic mass is 16.5. The van der Waals surface area contributed by atoms with Crippen LogP contribution in [0.2, 0.25) is 0 Å². The first-order chi connectivity index (χ1) is 16.4. The molecule has 1 aromatic heterocycles. The van der Waals surface area contributed by atoms with Crippen molar-refractivity contribution in [3.63, 3.8) is 0 Å². The van der Waals surface area contributed by atoms with Crippen LogP contribution < -0.4 is 14.8 Å². The number of urea groups is 1. The van der Waals surface area contributed by atoms with Gasteiger partial charge >= 0.3 is 6.03 Å². The quantitative estimate of drug-likeness (QED) is 0.489. The predicted octanol–water partition coefficient (Wildman–Crippen LogP) is 5.30. The summed E-state index contributed by atoms with van der Waals surface area (Å²) in [4.78, 5) is 19.5. The number of benzene rings is 2. The highest BCUT2D eigenvalue weighted by molar-refractivity contribution is 5.86. The van der Waals surface area contributed by atoms with Crippen molar-refractivity contribution in [3.8, 4) is 22.9 Å². The van der Waals surface area contributed by atoms with Gasteiger partial charge in [0.1, 0.15) is 0 Å². The van der Waals surface area contributed by atoms with E-state index < -0.39 is 6.04 Å². The monoisotopic (exact) mass is 462 g/mol. The molecule has 8 heteroatoms. The van der Waals surface area contributed by atoms with E-state index in [1.54, 1.807) is 31.3 Å². The summed E-state index contributed by atoms with van der Waals surface area (Å²) < 4.78 is 16.5. The number of nitrogens with one attached hydrogen (secondary N) is 1. The summed E-state index contributed by atoms with van der Waals surface area (Å²) in [6, 6.07) is 14.7. The third kappa shape index (κ3) is 4.62. The lowest BCUT2D eigenvalue weighted by Crippen LogP contribution is -2.46. The van der Waals surface area contributed by atoms with Gasteiger partial charge in [-0.3, -0.25) is 4.90 Å². The molecule has 8 nitrogen and oxygen atoms in total. The molecule has 0 bridgehead atoms. The maximum Gasteiger partial charge on any atom is 0.322 e. The molecule has 0 spiro atoms. The molecule has 0 saturated carbocycles. The summed E-state index contributed by atoms with van der Waals surface area (Å²) in [5.74, 6) is 2.46. The van der Waals surface area contributed by atoms with Crippen LogP contribution in [0, 0.1) is 5.92 Å². The summed E-state index contributed by atoms with van der Waals surface area (Å²) in [5.41, 5.74) is 3.27. The molecule has 0 fully saturated rings. The molecule has 34 heavy (non-hydrogen) atoms. The van der Waals surface area contributed by atoms with Gasteiger partial charge in [-0.15, -0.1) is 0 Å². The summed E-state index contributed by atoms with van der Waals surface area (Å²) >= 11 is 0. The number of hydrogen-bond donors (Lipinski definition) is 1. The fourth-order valence-corrected chi connectivity index (χ4v) is 4.04. The van der Waals surface area contributed by atoms with Crippen molar-refractivity contribution in [2.45, 2.75) is 33.2 Å². The largest absolute Gasteiger partial charge is 0.493 e. The maximum absolute atomic E-state index is 13.0. The molecule has 1 atom stereocenters. The standard InChI is InChI=1S/C26H30N4O4/c1-16(2)13-14-30-17(3)22(23(27-26(30)31)18-9-7-6-8-10-18)25-28-24(29-34-25)19-11-12-20(32-4)21(15-19)33-5/h6-12,15-16,23H,13-14H2,1-5H3,(H,27,31). The van der Waals surface area contributed by atoms with Crippen LogP contribution in [0.3, 0.4) is 0 Å². The smallest absolute Gasteiger partial charge is 0.322 e. The first-order valence-corrected chi connectivity index (χ1v) is 11.3. The minimum absolute atomic E-state index is 0.129. The number of rotatable bonds is 8. The van der Waals surface area contributed by atoms with Crippen molar-refractivity contribution >= 4 is 11.6 Å². The van der Waals surface area contributed by atoms with Crippen molar-refractivity contribution in [2.75, 3.05) is 20.8 Å². The Morgan fingerprint density at radius 3 is 2.50 bits per heavy atom. The van der Waals surface area contributed by atoms with E-state index in [4.69, 9.17) is 19.0 Å². The van der Waals surface area contributed by atoms with Crippen molar-refractivity contribution in [1.29, 1.82) is 0 Å². The van der Waals surface area contributed by atoms with E-state index in [0.717, 1.165) is 28.8 Å². The summed E-state index contributed by atoms with van der Waals surface area (Å²) in [6.07, 6.45) is 0.884. The number of ether oxygens (including phenoxy) is 2. The average molecular weight is 463 g/mol. The zero-order chi connectivity index (χ0) is 24.2. The molecule has 1 N–H and O–H groups in total. The molecule has 2 aromatic carbocycles. The van der Waals surface area contributed by atoms with E-state index in [0.29, 0.717) is 35.7 Å². The summed E-state index contributed by atoms with van der Waals surface area (Å²) in [6.45, 7) is 6.83. The number of carbonyl (C=O) groups is 1. The van der Waals surface area contributed by atoms with Gasteiger partial charge in [0.2, 0.25) is 5.82 Å². The summed E-state index contributed by atoms with van der Waals surface area (Å²) in [7, 11) is 3.17. The normalized spacial score (nSPS) is 16.1. The molecule has 1 aliphatic rings. The zero-order valence-corrected chi connectivity index (χ0v) is 20.2. The Labute approximate surface area is 199 Å². The minimum atomic E-state index is -0.400. The van der Waals surface area contributed by atoms with Crippen LogP contribution in [0.5, 0.6) is 11.5 Å². The molecular formula is C26H30N4O4. The van der Waals surface area contributed by atoms with Gasteiger partial charge in [-0.2, -0.15) is 4.98 Å². The van der Waals surface area contributed by atoms with Gasteiger partial charge in [0.25, 0.3) is 5.89 Å². The Morgan fingerprint density at radius 2 is 1.82 bits per heavy atom. The van der Waals surface area contributed by atoms with Crippen LogP contribution in [0.15, 0.2) is 58.8 Å². The highest BCUT2D eigenvalue weighted by Crippen LogP contribution is 2.38. The van der Waals surface area contributed by atoms with Gasteiger partial charge in [-0.25, -0.2) is 4.79 Å². The Morgan fingerprint density at radius 1 is 1.09 bits per heavy atom. The third-order valence-electron chi connectivity index (χ3n) is 5.96. The summed E-state index contributed by atoms with van der Waals surface area (Å²) in [5, 5.41) is 7.36. The highest BCUT2D eigenvalue weighted by Gasteiger charge is 2.35. The second-order valence-electron chi connectivity index (χ2n) is 8.62. The van der Waals surface area contributed by atoms with Crippen LogP contribution in [0.4, 0.5) is 4.79 Å². The van der Waals surface area contributed by atoms with Crippen molar-refractivity contribution in [1.82, 2.24) is 20.4 Å². The van der Waals surface area contributed by atoms with Gasteiger partial charge in [0, 0.05) is 17.8 Å². The number of aromatic nitrogens is 2. The Bertz CT molecular complexity index is 1190. The molecule has 1 unspecified atom stereocenters. The number of carbonyl (C=O) groups excluding carboxylic acids is 1. The van der Waals surface area contributed by atoms with Crippen LogP contribution in [0.25, 0.3) is 17.0 Å². The first kappa shape index (κ1) is 23.4. The van der Waals surface area contributed by atoms with Crippen LogP contribution >= 0.6 is 0 Å². The van der Waals surface area contributed by atoms with Crippen LogP contribution in [-0.4, -0.2) is 41.8 Å². The molecule has 3 aromatic rings. The van der Waals surface area contributed by atoms with Gasteiger partial charge in [-0.1, -0.05) is 49.3 Å². The number of amides is 2. The van der Waals surface area contributed by atoms with E-state index in [9.17, 15) is 4.79 Å². The molecular weight excluding hydrogens is 432 g/mol. The SMILES string of the molecule is COc1ccc(-c2noc(C3=C(C)N(CCC(C)C)C(=O)NC3c3ccccc3)n2)cc1OC. The lowest BCUT2D eigenvalue weighted by molar-refractivity contribution is 0.202. The van der Waals surface area contributed by atoms with Gasteiger partial charge in [0.15, 0.2) is 11.5 Å². The number of allylic oxidation sites excluding steroid dienone is 1. The number of methoxy groups -OCH3 is 2. The second kappa shape index (κ2) is 9.99.